The molecule has 2 atom stereocenters. The summed E-state index contributed by atoms with van der Waals surface area (Å²) in [5.74, 6) is 1.18. The quantitative estimate of drug-likeness (QED) is 0.874. The van der Waals surface area contributed by atoms with Crippen molar-refractivity contribution in [3.8, 4) is 11.5 Å². The fourth-order valence-electron chi connectivity index (χ4n) is 3.86. The van der Waals surface area contributed by atoms with E-state index in [1.54, 1.807) is 19.2 Å². The lowest BCUT2D eigenvalue weighted by molar-refractivity contribution is 0.139. The predicted molar refractivity (Wildman–Crippen MR) is 83.7 cm³/mol. The fourth-order valence-corrected chi connectivity index (χ4v) is 3.86. The van der Waals surface area contributed by atoms with E-state index < -0.39 is 0 Å². The summed E-state index contributed by atoms with van der Waals surface area (Å²) in [6.07, 6.45) is 5.11. The fraction of sp³-hybridized carbons (Fsp3) is 0.647. The Morgan fingerprint density at radius 2 is 2.00 bits per heavy atom. The van der Waals surface area contributed by atoms with Crippen LogP contribution in [0.15, 0.2) is 18.2 Å². The lowest BCUT2D eigenvalue weighted by Crippen LogP contribution is -2.47. The maximum atomic E-state index is 10.1. The van der Waals surface area contributed by atoms with Crippen LogP contribution in [0.3, 0.4) is 0 Å². The molecule has 4 heteroatoms. The maximum absolute atomic E-state index is 10.1. The van der Waals surface area contributed by atoms with Crippen LogP contribution in [-0.4, -0.2) is 41.8 Å². The topological polar surface area (TPSA) is 44.7 Å². The Balaban J connectivity index is 1.72. The minimum Gasteiger partial charge on any atom is -0.508 e. The molecule has 0 saturated carbocycles. The van der Waals surface area contributed by atoms with Gasteiger partial charge in [-0.1, -0.05) is 6.92 Å². The van der Waals surface area contributed by atoms with Crippen molar-refractivity contribution in [1.82, 2.24) is 10.2 Å². The minimum absolute atomic E-state index is 0.367. The molecule has 4 nitrogen and oxygen atoms in total. The van der Waals surface area contributed by atoms with E-state index in [2.05, 4.69) is 17.1 Å². The third-order valence-electron chi connectivity index (χ3n) is 5.03. The number of methoxy groups -OCH3 is 1. The molecule has 0 radical (unpaired) electrons. The number of hydrogen-bond acceptors (Lipinski definition) is 4. The first-order valence-electron chi connectivity index (χ1n) is 8.05. The first kappa shape index (κ1) is 14.7. The Bertz CT molecular complexity index is 480. The van der Waals surface area contributed by atoms with Crippen LogP contribution in [0.25, 0.3) is 0 Å². The van der Waals surface area contributed by atoms with Crippen LogP contribution in [0.2, 0.25) is 0 Å². The SMILES string of the molecule is CCN(Cc1cc(OC)ccc1O)C1CC2CCC(C1)N2. The van der Waals surface area contributed by atoms with E-state index in [1.807, 2.05) is 6.07 Å². The molecule has 0 aliphatic carbocycles. The second-order valence-corrected chi connectivity index (χ2v) is 6.32. The molecule has 2 saturated heterocycles. The number of hydrogen-bond donors (Lipinski definition) is 2. The highest BCUT2D eigenvalue weighted by Gasteiger charge is 2.35. The molecule has 2 aliphatic heterocycles. The number of ether oxygens (including phenoxy) is 1. The highest BCUT2D eigenvalue weighted by Crippen LogP contribution is 2.32. The number of fused-ring (bicyclic) bond motifs is 2. The van der Waals surface area contributed by atoms with Gasteiger partial charge in [-0.25, -0.2) is 0 Å². The first-order chi connectivity index (χ1) is 10.2. The van der Waals surface area contributed by atoms with Crippen molar-refractivity contribution in [2.45, 2.75) is 57.3 Å². The van der Waals surface area contributed by atoms with Crippen molar-refractivity contribution in [3.05, 3.63) is 23.8 Å². The van der Waals surface area contributed by atoms with Crippen molar-refractivity contribution in [1.29, 1.82) is 0 Å². The molecule has 21 heavy (non-hydrogen) atoms. The van der Waals surface area contributed by atoms with Crippen LogP contribution in [0.4, 0.5) is 0 Å². The van der Waals surface area contributed by atoms with Crippen LogP contribution in [0.5, 0.6) is 11.5 Å². The Morgan fingerprint density at radius 3 is 2.62 bits per heavy atom. The number of nitrogens with zero attached hydrogens (tertiary/aromatic N) is 1. The summed E-state index contributed by atoms with van der Waals surface area (Å²) in [4.78, 5) is 2.50. The monoisotopic (exact) mass is 290 g/mol. The zero-order valence-electron chi connectivity index (χ0n) is 13.0. The summed E-state index contributed by atoms with van der Waals surface area (Å²) in [7, 11) is 1.66. The van der Waals surface area contributed by atoms with Crippen molar-refractivity contribution in [2.24, 2.45) is 0 Å². The van der Waals surface area contributed by atoms with Crippen LogP contribution in [0, 0.1) is 0 Å². The highest BCUT2D eigenvalue weighted by atomic mass is 16.5. The van der Waals surface area contributed by atoms with E-state index in [1.165, 1.54) is 25.7 Å². The molecule has 3 rings (SSSR count). The van der Waals surface area contributed by atoms with Crippen molar-refractivity contribution >= 4 is 0 Å². The average molecular weight is 290 g/mol. The maximum Gasteiger partial charge on any atom is 0.120 e. The molecular formula is C17H26N2O2. The molecule has 2 fully saturated rings. The van der Waals surface area contributed by atoms with E-state index in [4.69, 9.17) is 4.74 Å². The Morgan fingerprint density at radius 1 is 1.29 bits per heavy atom. The van der Waals surface area contributed by atoms with E-state index >= 15 is 0 Å². The molecule has 2 N–H and O–H groups in total. The Hall–Kier alpha value is -1.26. The minimum atomic E-state index is 0.367. The lowest BCUT2D eigenvalue weighted by Gasteiger charge is -2.37. The van der Waals surface area contributed by atoms with Gasteiger partial charge in [0.05, 0.1) is 7.11 Å². The second-order valence-electron chi connectivity index (χ2n) is 6.32. The number of rotatable bonds is 5. The molecule has 2 heterocycles. The smallest absolute Gasteiger partial charge is 0.120 e. The Kier molecular flexibility index (Phi) is 4.36. The second kappa shape index (κ2) is 6.24. The van der Waals surface area contributed by atoms with Crippen LogP contribution in [-0.2, 0) is 6.54 Å². The van der Waals surface area contributed by atoms with Gasteiger partial charge in [0.15, 0.2) is 0 Å². The molecule has 0 amide bonds. The average Bonchev–Trinajstić information content (AvgIpc) is 2.84. The molecule has 0 spiro atoms. The molecule has 0 aromatic heterocycles. The molecular weight excluding hydrogens is 264 g/mol. The van der Waals surface area contributed by atoms with Gasteiger partial charge >= 0.3 is 0 Å². The summed E-state index contributed by atoms with van der Waals surface area (Å²) < 4.78 is 5.28. The van der Waals surface area contributed by atoms with E-state index in [9.17, 15) is 5.11 Å². The number of nitrogens with one attached hydrogen (secondary N) is 1. The lowest BCUT2D eigenvalue weighted by atomic mass is 9.97. The number of benzene rings is 1. The molecule has 2 unspecified atom stereocenters. The van der Waals surface area contributed by atoms with E-state index in [-0.39, 0.29) is 0 Å². The van der Waals surface area contributed by atoms with Crippen molar-refractivity contribution in [3.63, 3.8) is 0 Å². The standard InChI is InChI=1S/C17H26N2O2/c1-3-19(15-9-13-4-5-14(10-15)18-13)11-12-8-16(21-2)6-7-17(12)20/h6-8,13-15,18,20H,3-5,9-11H2,1-2H3. The molecule has 2 bridgehead atoms. The van der Waals surface area contributed by atoms with Gasteiger partial charge in [-0.2, -0.15) is 0 Å². The van der Waals surface area contributed by atoms with Gasteiger partial charge in [-0.05, 0) is 50.4 Å². The normalized spacial score (nSPS) is 28.0. The highest BCUT2D eigenvalue weighted by molar-refractivity contribution is 5.39. The molecule has 1 aromatic rings. The van der Waals surface area contributed by atoms with Gasteiger partial charge in [0, 0.05) is 30.2 Å². The van der Waals surface area contributed by atoms with E-state index in [0.717, 1.165) is 24.4 Å². The predicted octanol–water partition coefficient (Wildman–Crippen LogP) is 2.51. The number of phenols is 1. The zero-order chi connectivity index (χ0) is 14.8. The van der Waals surface area contributed by atoms with Crippen LogP contribution >= 0.6 is 0 Å². The largest absolute Gasteiger partial charge is 0.508 e. The summed E-state index contributed by atoms with van der Waals surface area (Å²) in [6.45, 7) is 4.02. The van der Waals surface area contributed by atoms with Crippen molar-refractivity contribution < 1.29 is 9.84 Å². The third kappa shape index (κ3) is 3.16. The van der Waals surface area contributed by atoms with E-state index in [0.29, 0.717) is 23.9 Å². The van der Waals surface area contributed by atoms with Gasteiger partial charge in [0.1, 0.15) is 11.5 Å². The van der Waals surface area contributed by atoms with Gasteiger partial charge in [-0.15, -0.1) is 0 Å². The molecule has 2 aliphatic rings. The van der Waals surface area contributed by atoms with Gasteiger partial charge in [0.2, 0.25) is 0 Å². The summed E-state index contributed by atoms with van der Waals surface area (Å²) in [5.41, 5.74) is 0.960. The Labute approximate surface area is 127 Å². The molecule has 116 valence electrons. The van der Waals surface area contributed by atoms with Crippen LogP contribution in [0.1, 0.15) is 38.2 Å². The third-order valence-corrected chi connectivity index (χ3v) is 5.03. The zero-order valence-corrected chi connectivity index (χ0v) is 13.0. The van der Waals surface area contributed by atoms with Gasteiger partial charge in [0.25, 0.3) is 0 Å². The summed E-state index contributed by atoms with van der Waals surface area (Å²) in [5, 5.41) is 13.8. The number of piperidine rings is 1. The number of aromatic hydroxyl groups is 1. The first-order valence-corrected chi connectivity index (χ1v) is 8.05. The number of phenolic OH excluding ortho intramolecular Hbond substituents is 1. The van der Waals surface area contributed by atoms with Gasteiger partial charge < -0.3 is 15.2 Å². The molecule has 1 aromatic carbocycles. The summed E-state index contributed by atoms with van der Waals surface area (Å²) in [6, 6.07) is 7.50. The van der Waals surface area contributed by atoms with Gasteiger partial charge in [-0.3, -0.25) is 4.90 Å². The van der Waals surface area contributed by atoms with Crippen molar-refractivity contribution in [2.75, 3.05) is 13.7 Å². The summed E-state index contributed by atoms with van der Waals surface area (Å²) >= 11 is 0. The van der Waals surface area contributed by atoms with Crippen LogP contribution < -0.4 is 10.1 Å².